The molecule has 0 atom stereocenters. The van der Waals surface area contributed by atoms with Crippen LogP contribution < -0.4 is 0 Å². The van der Waals surface area contributed by atoms with Gasteiger partial charge in [-0.1, -0.05) is 5.16 Å². The van der Waals surface area contributed by atoms with Gasteiger partial charge in [-0.15, -0.1) is 11.3 Å². The summed E-state index contributed by atoms with van der Waals surface area (Å²) >= 11 is 1.61. The summed E-state index contributed by atoms with van der Waals surface area (Å²) in [5.74, 6) is 0. The van der Waals surface area contributed by atoms with Crippen molar-refractivity contribution < 1.29 is 4.84 Å². The molecule has 7 heteroatoms. The smallest absolute Gasteiger partial charge is 0.125 e. The third-order valence-electron chi connectivity index (χ3n) is 4.09. The first-order chi connectivity index (χ1) is 12.3. The van der Waals surface area contributed by atoms with Gasteiger partial charge in [0.2, 0.25) is 0 Å². The monoisotopic (exact) mass is 351 g/mol. The number of rotatable bonds is 3. The van der Waals surface area contributed by atoms with E-state index in [1.807, 2.05) is 31.5 Å². The van der Waals surface area contributed by atoms with Crippen molar-refractivity contribution in [1.82, 2.24) is 19.9 Å². The maximum Gasteiger partial charge on any atom is 0.125 e. The molecular formula is C18H17N5OS. The molecule has 0 radical (unpaired) electrons. The third-order valence-corrected chi connectivity index (χ3v) is 5.32. The summed E-state index contributed by atoms with van der Waals surface area (Å²) < 4.78 is 0. The molecule has 1 aliphatic carbocycles. The van der Waals surface area contributed by atoms with Gasteiger partial charge in [0, 0.05) is 18.0 Å². The van der Waals surface area contributed by atoms with Gasteiger partial charge in [-0.05, 0) is 38.3 Å². The molecule has 4 rings (SSSR count). The van der Waals surface area contributed by atoms with Crippen molar-refractivity contribution in [1.29, 1.82) is 0 Å². The van der Waals surface area contributed by atoms with Crippen molar-refractivity contribution in [3.8, 4) is 21.1 Å². The van der Waals surface area contributed by atoms with Crippen molar-refractivity contribution in [2.24, 2.45) is 5.16 Å². The van der Waals surface area contributed by atoms with E-state index < -0.39 is 0 Å². The van der Waals surface area contributed by atoms with E-state index >= 15 is 0 Å². The molecule has 3 aromatic heterocycles. The number of aromatic nitrogens is 4. The molecule has 1 aliphatic rings. The summed E-state index contributed by atoms with van der Waals surface area (Å²) in [6.45, 7) is 2.00. The van der Waals surface area contributed by atoms with E-state index in [1.54, 1.807) is 24.6 Å². The fourth-order valence-corrected chi connectivity index (χ4v) is 3.94. The molecule has 0 amide bonds. The molecule has 3 aromatic rings. The molecule has 3 heterocycles. The van der Waals surface area contributed by atoms with E-state index in [2.05, 4.69) is 20.1 Å². The van der Waals surface area contributed by atoms with Crippen LogP contribution in [0.15, 0.2) is 35.9 Å². The van der Waals surface area contributed by atoms with E-state index in [9.17, 15) is 0 Å². The van der Waals surface area contributed by atoms with Gasteiger partial charge in [-0.25, -0.2) is 9.97 Å². The van der Waals surface area contributed by atoms with Crippen LogP contribution in [-0.2, 0) is 11.3 Å². The minimum absolute atomic E-state index is 0.828. The van der Waals surface area contributed by atoms with Crippen LogP contribution in [0.2, 0.25) is 0 Å². The molecule has 0 aliphatic heterocycles. The van der Waals surface area contributed by atoms with Crippen LogP contribution in [0.1, 0.15) is 29.9 Å². The second-order valence-corrected chi connectivity index (χ2v) is 6.80. The quantitative estimate of drug-likeness (QED) is 0.673. The van der Waals surface area contributed by atoms with Crippen molar-refractivity contribution >= 4 is 17.0 Å². The summed E-state index contributed by atoms with van der Waals surface area (Å²) in [6, 6.07) is 3.93. The number of nitrogens with zero attached hydrogens (tertiary/aromatic N) is 5. The first-order valence-electron chi connectivity index (χ1n) is 8.11. The Labute approximate surface area is 149 Å². The van der Waals surface area contributed by atoms with Gasteiger partial charge in [0.1, 0.15) is 29.2 Å². The Hall–Kier alpha value is -2.67. The molecule has 0 saturated heterocycles. The molecule has 25 heavy (non-hydrogen) atoms. The average Bonchev–Trinajstić information content (AvgIpc) is 3.04. The zero-order valence-corrected chi connectivity index (χ0v) is 14.9. The van der Waals surface area contributed by atoms with Crippen LogP contribution in [0.4, 0.5) is 0 Å². The number of oxime groups is 1. The molecule has 0 bridgehead atoms. The minimum Gasteiger partial charge on any atom is -0.399 e. The lowest BCUT2D eigenvalue weighted by molar-refractivity contribution is 0.212. The number of hydrogen-bond acceptors (Lipinski definition) is 7. The van der Waals surface area contributed by atoms with E-state index in [0.717, 1.165) is 63.2 Å². The van der Waals surface area contributed by atoms with Crippen LogP contribution in [0.5, 0.6) is 0 Å². The standard InChI is InChI=1S/C18H17N5OS/c1-11-17(25-18(21-11)12-5-4-8-19-9-12)15-10-20-13-6-3-7-14(23-24-2)16(13)22-15/h4-5,8-10H,3,6-7H2,1-2H3. The molecular weight excluding hydrogens is 334 g/mol. The zero-order chi connectivity index (χ0) is 17.2. The number of thiazole rings is 1. The highest BCUT2D eigenvalue weighted by Gasteiger charge is 2.21. The van der Waals surface area contributed by atoms with Crippen LogP contribution in [0.25, 0.3) is 21.1 Å². The van der Waals surface area contributed by atoms with Gasteiger partial charge < -0.3 is 4.84 Å². The summed E-state index contributed by atoms with van der Waals surface area (Å²) in [5, 5.41) is 5.06. The van der Waals surface area contributed by atoms with Gasteiger partial charge >= 0.3 is 0 Å². The van der Waals surface area contributed by atoms with Crippen LogP contribution >= 0.6 is 11.3 Å². The number of pyridine rings is 1. The van der Waals surface area contributed by atoms with Gasteiger partial charge in [-0.3, -0.25) is 9.97 Å². The Bertz CT molecular complexity index is 936. The summed E-state index contributed by atoms with van der Waals surface area (Å²) in [4.78, 5) is 24.3. The normalized spacial score (nSPS) is 15.2. The lowest BCUT2D eigenvalue weighted by Crippen LogP contribution is -2.16. The Morgan fingerprint density at radius 3 is 2.92 bits per heavy atom. The second-order valence-electron chi connectivity index (χ2n) is 5.80. The van der Waals surface area contributed by atoms with Crippen molar-refractivity contribution in [3.63, 3.8) is 0 Å². The molecule has 0 fully saturated rings. The Morgan fingerprint density at radius 1 is 1.20 bits per heavy atom. The number of hydrogen-bond donors (Lipinski definition) is 0. The highest BCUT2D eigenvalue weighted by Crippen LogP contribution is 2.34. The van der Waals surface area contributed by atoms with Crippen LogP contribution in [-0.4, -0.2) is 32.8 Å². The lowest BCUT2D eigenvalue weighted by Gasteiger charge is -2.15. The topological polar surface area (TPSA) is 73.2 Å². The van der Waals surface area contributed by atoms with Crippen LogP contribution in [0.3, 0.4) is 0 Å². The van der Waals surface area contributed by atoms with E-state index in [0.29, 0.717) is 0 Å². The van der Waals surface area contributed by atoms with Crippen molar-refractivity contribution in [2.45, 2.75) is 26.2 Å². The highest BCUT2D eigenvalue weighted by molar-refractivity contribution is 7.18. The average molecular weight is 351 g/mol. The minimum atomic E-state index is 0.828. The Balaban J connectivity index is 1.77. The Kier molecular flexibility index (Phi) is 4.23. The third kappa shape index (κ3) is 3.02. The zero-order valence-electron chi connectivity index (χ0n) is 14.1. The van der Waals surface area contributed by atoms with Gasteiger partial charge in [0.25, 0.3) is 0 Å². The van der Waals surface area contributed by atoms with E-state index in [-0.39, 0.29) is 0 Å². The Morgan fingerprint density at radius 2 is 2.12 bits per heavy atom. The molecule has 0 unspecified atom stereocenters. The van der Waals surface area contributed by atoms with Gasteiger partial charge in [0.15, 0.2) is 0 Å². The van der Waals surface area contributed by atoms with E-state index in [1.165, 1.54) is 0 Å². The van der Waals surface area contributed by atoms with Crippen LogP contribution in [0, 0.1) is 6.92 Å². The molecule has 0 N–H and O–H groups in total. The van der Waals surface area contributed by atoms with Gasteiger partial charge in [0.05, 0.1) is 22.5 Å². The molecule has 126 valence electrons. The highest BCUT2D eigenvalue weighted by atomic mass is 32.1. The maximum absolute atomic E-state index is 4.97. The number of aryl methyl sites for hydroxylation is 2. The largest absolute Gasteiger partial charge is 0.399 e. The lowest BCUT2D eigenvalue weighted by atomic mass is 9.98. The fraction of sp³-hybridized carbons (Fsp3) is 0.278. The number of fused-ring (bicyclic) bond motifs is 1. The molecule has 0 aromatic carbocycles. The summed E-state index contributed by atoms with van der Waals surface area (Å²) in [6.07, 6.45) is 8.23. The molecule has 0 saturated carbocycles. The van der Waals surface area contributed by atoms with Crippen molar-refractivity contribution in [3.05, 3.63) is 47.8 Å². The first-order valence-corrected chi connectivity index (χ1v) is 8.92. The predicted molar refractivity (Wildman–Crippen MR) is 97.6 cm³/mol. The maximum atomic E-state index is 4.97. The molecule has 0 spiro atoms. The summed E-state index contributed by atoms with van der Waals surface area (Å²) in [5.41, 5.74) is 5.48. The van der Waals surface area contributed by atoms with Crippen molar-refractivity contribution in [2.75, 3.05) is 7.11 Å². The summed E-state index contributed by atoms with van der Waals surface area (Å²) in [7, 11) is 1.56. The SMILES string of the molecule is CON=C1CCCc2ncc(-c3sc(-c4cccnc4)nc3C)nc21. The van der Waals surface area contributed by atoms with Gasteiger partial charge in [-0.2, -0.15) is 0 Å². The second kappa shape index (κ2) is 6.68. The molecule has 6 nitrogen and oxygen atoms in total. The first kappa shape index (κ1) is 15.8. The predicted octanol–water partition coefficient (Wildman–Crippen LogP) is 3.66. The van der Waals surface area contributed by atoms with E-state index in [4.69, 9.17) is 9.82 Å². The fourth-order valence-electron chi connectivity index (χ4n) is 2.93.